The number of ether oxygens (including phenoxy) is 1. The maximum absolute atomic E-state index is 8.43. The summed E-state index contributed by atoms with van der Waals surface area (Å²) in [6, 6.07) is 0. The molecule has 0 aromatic rings. The molecule has 0 aromatic heterocycles. The van der Waals surface area contributed by atoms with E-state index in [4.69, 9.17) is 10.00 Å². The summed E-state index contributed by atoms with van der Waals surface area (Å²) in [5, 5.41) is 14.1. The zero-order chi connectivity index (χ0) is 10.5. The Labute approximate surface area is 88.9 Å². The standard InChI is InChI=1S/C9H15N5O/c10-5-11-9-12-6-14(7-13-9)4-8-2-1-3-15-8/h8H,1-4,6-7H2,(H2,11,12,13)/p+2/t8-/m0/s1. The van der Waals surface area contributed by atoms with Crippen LogP contribution in [-0.2, 0) is 4.74 Å². The predicted molar refractivity (Wildman–Crippen MR) is 52.4 cm³/mol. The van der Waals surface area contributed by atoms with E-state index in [9.17, 15) is 0 Å². The van der Waals surface area contributed by atoms with E-state index in [0.717, 1.165) is 26.5 Å². The number of hydrogen-bond acceptors (Lipinski definition) is 4. The molecule has 2 aliphatic heterocycles. The molecular weight excluding hydrogens is 194 g/mol. The van der Waals surface area contributed by atoms with Crippen molar-refractivity contribution in [2.75, 3.05) is 26.5 Å². The lowest BCUT2D eigenvalue weighted by atomic mass is 10.2. The highest BCUT2D eigenvalue weighted by atomic mass is 16.5. The topological polar surface area (TPSA) is 75.5 Å². The minimum Gasteiger partial charge on any atom is -0.372 e. The molecule has 6 heteroatoms. The van der Waals surface area contributed by atoms with Crippen LogP contribution in [0.15, 0.2) is 0 Å². The number of quaternary nitrogens is 1. The number of guanidine groups is 1. The maximum Gasteiger partial charge on any atom is 0.366 e. The minimum absolute atomic E-state index is 0.411. The van der Waals surface area contributed by atoms with Gasteiger partial charge in [-0.25, -0.2) is 10.3 Å². The van der Waals surface area contributed by atoms with Gasteiger partial charge in [-0.3, -0.25) is 4.90 Å². The van der Waals surface area contributed by atoms with Gasteiger partial charge in [-0.1, -0.05) is 0 Å². The highest BCUT2D eigenvalue weighted by molar-refractivity contribution is 5.75. The molecule has 1 unspecified atom stereocenters. The number of nitrogens with one attached hydrogen (secondary N) is 4. The van der Waals surface area contributed by atoms with Crippen LogP contribution in [0.2, 0.25) is 0 Å². The van der Waals surface area contributed by atoms with Crippen LogP contribution < -0.4 is 20.5 Å². The van der Waals surface area contributed by atoms with Gasteiger partial charge in [0.15, 0.2) is 13.3 Å². The molecule has 1 fully saturated rings. The van der Waals surface area contributed by atoms with Crippen LogP contribution in [0.3, 0.4) is 0 Å². The third-order valence-electron chi connectivity index (χ3n) is 2.75. The summed E-state index contributed by atoms with van der Waals surface area (Å²) in [6.07, 6.45) is 4.65. The summed E-state index contributed by atoms with van der Waals surface area (Å²) in [4.78, 5) is 4.53. The molecule has 4 N–H and O–H groups in total. The van der Waals surface area contributed by atoms with Crippen molar-refractivity contribution >= 4 is 5.96 Å². The Bertz CT molecular complexity index is 279. The van der Waals surface area contributed by atoms with E-state index in [1.807, 2.05) is 6.19 Å². The summed E-state index contributed by atoms with van der Waals surface area (Å²) in [6.45, 7) is 3.60. The molecule has 2 atom stereocenters. The Morgan fingerprint density at radius 1 is 1.73 bits per heavy atom. The summed E-state index contributed by atoms with van der Waals surface area (Å²) in [7, 11) is 0. The predicted octanol–water partition coefficient (Wildman–Crippen LogP) is -3.92. The van der Waals surface area contributed by atoms with Gasteiger partial charge in [0.2, 0.25) is 0 Å². The molecule has 0 radical (unpaired) electrons. The molecule has 6 nitrogen and oxygen atoms in total. The van der Waals surface area contributed by atoms with Crippen LogP contribution in [-0.4, -0.2) is 38.6 Å². The van der Waals surface area contributed by atoms with Crippen LogP contribution in [0.25, 0.3) is 0 Å². The van der Waals surface area contributed by atoms with E-state index >= 15 is 0 Å². The molecule has 0 amide bonds. The average Bonchev–Trinajstić information content (AvgIpc) is 2.74. The van der Waals surface area contributed by atoms with Gasteiger partial charge in [-0.05, 0) is 12.8 Å². The Morgan fingerprint density at radius 3 is 3.27 bits per heavy atom. The molecule has 2 aliphatic rings. The number of nitrogens with zero attached hydrogens (tertiary/aromatic N) is 1. The van der Waals surface area contributed by atoms with Crippen molar-refractivity contribution in [1.82, 2.24) is 10.6 Å². The van der Waals surface area contributed by atoms with Crippen molar-refractivity contribution in [2.24, 2.45) is 0 Å². The van der Waals surface area contributed by atoms with E-state index in [0.29, 0.717) is 12.1 Å². The quantitative estimate of drug-likeness (QED) is 0.278. The lowest BCUT2D eigenvalue weighted by molar-refractivity contribution is -0.982. The highest BCUT2D eigenvalue weighted by Gasteiger charge is 2.25. The molecule has 0 aliphatic carbocycles. The first-order valence-corrected chi connectivity index (χ1v) is 5.33. The Balaban J connectivity index is 1.75. The summed E-state index contributed by atoms with van der Waals surface area (Å²) >= 11 is 0. The van der Waals surface area contributed by atoms with Gasteiger partial charge in [0, 0.05) is 6.61 Å². The molecular formula is C9H17N5O+2. The van der Waals surface area contributed by atoms with E-state index in [2.05, 4.69) is 15.6 Å². The van der Waals surface area contributed by atoms with Crippen molar-refractivity contribution in [1.29, 1.82) is 5.26 Å². The molecule has 2 heterocycles. The van der Waals surface area contributed by atoms with E-state index in [1.54, 1.807) is 0 Å². The monoisotopic (exact) mass is 211 g/mol. The fourth-order valence-electron chi connectivity index (χ4n) is 1.97. The number of rotatable bonds is 2. The lowest BCUT2D eigenvalue weighted by Crippen LogP contribution is -3.25. The van der Waals surface area contributed by atoms with Gasteiger partial charge in [-0.15, -0.1) is 0 Å². The first-order valence-electron chi connectivity index (χ1n) is 5.33. The van der Waals surface area contributed by atoms with Crippen LogP contribution in [0.4, 0.5) is 0 Å². The normalized spacial score (nSPS) is 30.2. The zero-order valence-corrected chi connectivity index (χ0v) is 8.68. The molecule has 2 rings (SSSR count). The van der Waals surface area contributed by atoms with E-state index in [-0.39, 0.29) is 0 Å². The van der Waals surface area contributed by atoms with Crippen LogP contribution >= 0.6 is 0 Å². The van der Waals surface area contributed by atoms with Gasteiger partial charge < -0.3 is 4.74 Å². The van der Waals surface area contributed by atoms with Crippen molar-refractivity contribution < 1.29 is 14.6 Å². The zero-order valence-electron chi connectivity index (χ0n) is 8.68. The van der Waals surface area contributed by atoms with Crippen molar-refractivity contribution in [3.05, 3.63) is 0 Å². The Morgan fingerprint density at radius 2 is 2.67 bits per heavy atom. The second kappa shape index (κ2) is 4.96. The molecule has 0 spiro atoms. The Kier molecular flexibility index (Phi) is 3.37. The Hall–Kier alpha value is -1.32. The largest absolute Gasteiger partial charge is 0.372 e. The summed E-state index contributed by atoms with van der Waals surface area (Å²) < 4.78 is 5.58. The highest BCUT2D eigenvalue weighted by Crippen LogP contribution is 2.09. The lowest BCUT2D eigenvalue weighted by Gasteiger charge is -2.21. The van der Waals surface area contributed by atoms with Gasteiger partial charge in [0.1, 0.15) is 12.6 Å². The van der Waals surface area contributed by atoms with Crippen molar-refractivity contribution in [3.8, 4) is 6.19 Å². The first kappa shape index (κ1) is 10.2. The van der Waals surface area contributed by atoms with Crippen LogP contribution in [0.5, 0.6) is 0 Å². The fourth-order valence-corrected chi connectivity index (χ4v) is 1.97. The minimum atomic E-state index is 0.411. The number of nitriles is 1. The van der Waals surface area contributed by atoms with Crippen LogP contribution in [0.1, 0.15) is 12.8 Å². The molecule has 15 heavy (non-hydrogen) atoms. The van der Waals surface area contributed by atoms with Gasteiger partial charge in [0.05, 0.1) is 0 Å². The molecule has 0 aromatic carbocycles. The molecule has 1 saturated heterocycles. The molecule has 0 bridgehead atoms. The SMILES string of the molecule is N#CNC1=[NH+]C[NH+](C[C@@H]2CCCO2)CN1. The molecule has 0 saturated carbocycles. The second-order valence-corrected chi connectivity index (χ2v) is 3.91. The second-order valence-electron chi connectivity index (χ2n) is 3.91. The van der Waals surface area contributed by atoms with Gasteiger partial charge >= 0.3 is 5.96 Å². The van der Waals surface area contributed by atoms with E-state index in [1.165, 1.54) is 17.7 Å². The first-order chi connectivity index (χ1) is 7.38. The van der Waals surface area contributed by atoms with Crippen LogP contribution in [0, 0.1) is 11.5 Å². The smallest absolute Gasteiger partial charge is 0.366 e. The summed E-state index contributed by atoms with van der Waals surface area (Å²) in [5.41, 5.74) is 0. The van der Waals surface area contributed by atoms with E-state index < -0.39 is 0 Å². The van der Waals surface area contributed by atoms with Gasteiger partial charge in [0.25, 0.3) is 6.19 Å². The number of hydrogen-bond donors (Lipinski definition) is 4. The summed E-state index contributed by atoms with van der Waals surface area (Å²) in [5.74, 6) is 0.702. The van der Waals surface area contributed by atoms with Crippen molar-refractivity contribution in [3.63, 3.8) is 0 Å². The average molecular weight is 211 g/mol. The molecule has 82 valence electrons. The van der Waals surface area contributed by atoms with Crippen molar-refractivity contribution in [2.45, 2.75) is 18.9 Å². The van der Waals surface area contributed by atoms with Gasteiger partial charge in [-0.2, -0.15) is 10.6 Å². The fraction of sp³-hybridized carbons (Fsp3) is 0.778. The third-order valence-corrected chi connectivity index (χ3v) is 2.75. The third kappa shape index (κ3) is 2.81. The maximum atomic E-state index is 8.43.